The van der Waals surface area contributed by atoms with E-state index in [9.17, 15) is 9.18 Å². The lowest BCUT2D eigenvalue weighted by atomic mass is 10.1. The highest BCUT2D eigenvalue weighted by molar-refractivity contribution is 6.04. The first-order chi connectivity index (χ1) is 10.4. The Morgan fingerprint density at radius 1 is 1.18 bits per heavy atom. The van der Waals surface area contributed by atoms with Crippen LogP contribution in [0.15, 0.2) is 29.3 Å². The van der Waals surface area contributed by atoms with Gasteiger partial charge in [-0.15, -0.1) is 0 Å². The first kappa shape index (κ1) is 18.1. The highest BCUT2D eigenvalue weighted by Gasteiger charge is 2.11. The van der Waals surface area contributed by atoms with Crippen molar-refractivity contribution in [2.75, 3.05) is 13.2 Å². The Morgan fingerprint density at radius 2 is 1.82 bits per heavy atom. The molecule has 1 rings (SSSR count). The predicted octanol–water partition coefficient (Wildman–Crippen LogP) is 3.63. The molecule has 0 radical (unpaired) electrons. The average Bonchev–Trinajstić information content (AvgIpc) is 2.44. The van der Waals surface area contributed by atoms with Crippen molar-refractivity contribution < 1.29 is 13.9 Å². The molecule has 0 heterocycles. The summed E-state index contributed by atoms with van der Waals surface area (Å²) in [6, 6.07) is 5.58. The molecule has 0 fully saturated rings. The number of hydrogen-bond donors (Lipinski definition) is 1. The Morgan fingerprint density at radius 3 is 2.36 bits per heavy atom. The van der Waals surface area contributed by atoms with E-state index in [1.807, 2.05) is 13.8 Å². The van der Waals surface area contributed by atoms with Crippen molar-refractivity contribution in [3.8, 4) is 0 Å². The molecule has 0 aromatic heterocycles. The third-order valence-electron chi connectivity index (χ3n) is 2.84. The summed E-state index contributed by atoms with van der Waals surface area (Å²) in [4.78, 5) is 16.4. The Labute approximate surface area is 131 Å². The summed E-state index contributed by atoms with van der Waals surface area (Å²) >= 11 is 0. The summed E-state index contributed by atoms with van der Waals surface area (Å²) in [6.45, 7) is 9.34. The third-order valence-corrected chi connectivity index (χ3v) is 2.84. The maximum atomic E-state index is 12.9. The van der Waals surface area contributed by atoms with Gasteiger partial charge in [0.1, 0.15) is 5.82 Å². The summed E-state index contributed by atoms with van der Waals surface area (Å²) < 4.78 is 18.4. The number of carbonyl (C=O) groups is 1. The normalized spacial score (nSPS) is 11.9. The van der Waals surface area contributed by atoms with E-state index in [2.05, 4.69) is 24.2 Å². The van der Waals surface area contributed by atoms with E-state index in [-0.39, 0.29) is 17.7 Å². The van der Waals surface area contributed by atoms with Crippen molar-refractivity contribution >= 4 is 11.9 Å². The van der Waals surface area contributed by atoms with E-state index in [4.69, 9.17) is 4.74 Å². The molecule has 0 aliphatic carbocycles. The van der Waals surface area contributed by atoms with E-state index < -0.39 is 0 Å². The van der Waals surface area contributed by atoms with Crippen LogP contribution in [0, 0.1) is 17.7 Å². The molecule has 0 spiro atoms. The number of hydrogen-bond acceptors (Lipinski definition) is 3. The minimum Gasteiger partial charge on any atom is -0.465 e. The number of nitrogens with one attached hydrogen (secondary N) is 1. The highest BCUT2D eigenvalue weighted by atomic mass is 19.1. The van der Waals surface area contributed by atoms with Gasteiger partial charge in [0.05, 0.1) is 6.61 Å². The van der Waals surface area contributed by atoms with Crippen molar-refractivity contribution in [2.24, 2.45) is 16.8 Å². The highest BCUT2D eigenvalue weighted by Crippen LogP contribution is 2.04. The molecule has 0 aliphatic rings. The summed E-state index contributed by atoms with van der Waals surface area (Å²) in [5.41, 5.74) is 0.367. The standard InChI is InChI=1S/C17H25FN2O2/c1-12(2)9-10-19-17(22-11-13(3)4)20-16(21)14-5-7-15(18)8-6-14/h5-8,12-13H,9-11H2,1-4H3,(H,19,20,21). The van der Waals surface area contributed by atoms with Crippen LogP contribution in [0.5, 0.6) is 0 Å². The minimum atomic E-state index is -0.376. The van der Waals surface area contributed by atoms with Crippen molar-refractivity contribution in [2.45, 2.75) is 34.1 Å². The number of rotatable bonds is 6. The van der Waals surface area contributed by atoms with Crippen molar-refractivity contribution in [1.29, 1.82) is 0 Å². The average molecular weight is 308 g/mol. The largest absolute Gasteiger partial charge is 0.465 e. The number of ether oxygens (including phenoxy) is 1. The third kappa shape index (κ3) is 7.20. The van der Waals surface area contributed by atoms with Crippen LogP contribution in [0.2, 0.25) is 0 Å². The molecule has 1 aromatic rings. The van der Waals surface area contributed by atoms with Gasteiger partial charge in [-0.25, -0.2) is 9.38 Å². The van der Waals surface area contributed by atoms with Crippen LogP contribution in [0.25, 0.3) is 0 Å². The van der Waals surface area contributed by atoms with Crippen molar-refractivity contribution in [3.63, 3.8) is 0 Å². The van der Waals surface area contributed by atoms with Crippen LogP contribution in [-0.4, -0.2) is 25.1 Å². The van der Waals surface area contributed by atoms with Crippen LogP contribution in [0.4, 0.5) is 4.39 Å². The fourth-order valence-corrected chi connectivity index (χ4v) is 1.56. The zero-order chi connectivity index (χ0) is 16.5. The quantitative estimate of drug-likeness (QED) is 0.644. The lowest BCUT2D eigenvalue weighted by molar-refractivity contribution is 0.0963. The number of nitrogens with zero attached hydrogens (tertiary/aromatic N) is 1. The molecule has 0 saturated heterocycles. The van der Waals surface area contributed by atoms with Gasteiger partial charge >= 0.3 is 0 Å². The second-order valence-electron chi connectivity index (χ2n) is 6.04. The minimum absolute atomic E-state index is 0.226. The smallest absolute Gasteiger partial charge is 0.291 e. The summed E-state index contributed by atoms with van der Waals surface area (Å²) in [5.74, 6) is 0.131. The number of carbonyl (C=O) groups excluding carboxylic acids is 1. The van der Waals surface area contributed by atoms with Gasteiger partial charge in [0.15, 0.2) is 0 Å². The van der Waals surface area contributed by atoms with Gasteiger partial charge in [0.2, 0.25) is 0 Å². The molecule has 0 atom stereocenters. The van der Waals surface area contributed by atoms with Gasteiger partial charge in [-0.3, -0.25) is 10.1 Å². The van der Waals surface area contributed by atoms with E-state index in [1.54, 1.807) is 0 Å². The van der Waals surface area contributed by atoms with Crippen molar-refractivity contribution in [3.05, 3.63) is 35.6 Å². The number of amides is 1. The van der Waals surface area contributed by atoms with Gasteiger partial charge in [0.25, 0.3) is 11.9 Å². The topological polar surface area (TPSA) is 50.7 Å². The van der Waals surface area contributed by atoms with Crippen molar-refractivity contribution in [1.82, 2.24) is 5.32 Å². The number of amidine groups is 1. The van der Waals surface area contributed by atoms with Crippen LogP contribution in [0.3, 0.4) is 0 Å². The molecule has 0 saturated carbocycles. The number of aliphatic imine (C=N–C) groups is 1. The van der Waals surface area contributed by atoms with Crippen LogP contribution >= 0.6 is 0 Å². The molecule has 1 amide bonds. The van der Waals surface area contributed by atoms with Gasteiger partial charge in [-0.2, -0.15) is 0 Å². The summed E-state index contributed by atoms with van der Waals surface area (Å²) in [5, 5.41) is 2.65. The summed E-state index contributed by atoms with van der Waals surface area (Å²) in [7, 11) is 0. The molecule has 0 bridgehead atoms. The van der Waals surface area contributed by atoms with Gasteiger partial charge in [-0.05, 0) is 42.5 Å². The second kappa shape index (κ2) is 9.18. The van der Waals surface area contributed by atoms with E-state index in [0.29, 0.717) is 30.6 Å². The lowest BCUT2D eigenvalue weighted by Crippen LogP contribution is -2.33. The van der Waals surface area contributed by atoms with Crippen LogP contribution < -0.4 is 5.32 Å². The van der Waals surface area contributed by atoms with Crippen LogP contribution in [0.1, 0.15) is 44.5 Å². The molecule has 4 nitrogen and oxygen atoms in total. The van der Waals surface area contributed by atoms with Gasteiger partial charge in [0, 0.05) is 12.1 Å². The Kier molecular flexibility index (Phi) is 7.57. The maximum Gasteiger partial charge on any atom is 0.291 e. The fourth-order valence-electron chi connectivity index (χ4n) is 1.56. The molecule has 0 aliphatic heterocycles. The summed E-state index contributed by atoms with van der Waals surface area (Å²) in [6.07, 6.45) is 0.918. The van der Waals surface area contributed by atoms with Crippen LogP contribution in [-0.2, 0) is 4.74 Å². The molecule has 22 heavy (non-hydrogen) atoms. The second-order valence-corrected chi connectivity index (χ2v) is 6.04. The molecule has 0 unspecified atom stereocenters. The van der Waals surface area contributed by atoms with E-state index >= 15 is 0 Å². The molecular formula is C17H25FN2O2. The Balaban J connectivity index is 2.69. The monoisotopic (exact) mass is 308 g/mol. The zero-order valence-corrected chi connectivity index (χ0v) is 13.7. The Bertz CT molecular complexity index is 496. The van der Waals surface area contributed by atoms with Gasteiger partial charge in [-0.1, -0.05) is 27.7 Å². The predicted molar refractivity (Wildman–Crippen MR) is 86.4 cm³/mol. The lowest BCUT2D eigenvalue weighted by Gasteiger charge is -2.13. The van der Waals surface area contributed by atoms with E-state index in [0.717, 1.165) is 6.42 Å². The van der Waals surface area contributed by atoms with Gasteiger partial charge < -0.3 is 4.74 Å². The maximum absolute atomic E-state index is 12.9. The molecule has 1 N–H and O–H groups in total. The molecule has 5 heteroatoms. The molecular weight excluding hydrogens is 283 g/mol. The number of halogens is 1. The molecule has 1 aromatic carbocycles. The first-order valence-corrected chi connectivity index (χ1v) is 7.62. The fraction of sp³-hybridized carbons (Fsp3) is 0.529. The van der Waals surface area contributed by atoms with E-state index in [1.165, 1.54) is 24.3 Å². The molecule has 122 valence electrons. The first-order valence-electron chi connectivity index (χ1n) is 7.62. The Hall–Kier alpha value is -1.91. The zero-order valence-electron chi connectivity index (χ0n) is 13.7. The number of benzene rings is 1. The SMILES string of the molecule is CC(C)CCN=C(NC(=O)c1ccc(F)cc1)OCC(C)C.